The van der Waals surface area contributed by atoms with Crippen LogP contribution >= 0.6 is 11.6 Å². The first kappa shape index (κ1) is 15.3. The molecule has 6 nitrogen and oxygen atoms in total. The second-order valence-electron chi connectivity index (χ2n) is 5.38. The number of halogens is 1. The Morgan fingerprint density at radius 1 is 1.36 bits per heavy atom. The van der Waals surface area contributed by atoms with Crippen molar-refractivity contribution < 1.29 is 14.3 Å². The van der Waals surface area contributed by atoms with E-state index in [2.05, 4.69) is 10.6 Å². The van der Waals surface area contributed by atoms with Crippen LogP contribution in [-0.2, 0) is 14.3 Å². The molecule has 0 bridgehead atoms. The van der Waals surface area contributed by atoms with Crippen LogP contribution in [0, 0.1) is 0 Å². The molecule has 22 heavy (non-hydrogen) atoms. The van der Waals surface area contributed by atoms with Crippen LogP contribution in [0.4, 0.5) is 5.69 Å². The van der Waals surface area contributed by atoms with Gasteiger partial charge in [-0.05, 0) is 30.7 Å². The maximum Gasteiger partial charge on any atom is 0.251 e. The Balaban J connectivity index is 1.61. The summed E-state index contributed by atoms with van der Waals surface area (Å²) in [5, 5.41) is 6.51. The summed E-state index contributed by atoms with van der Waals surface area (Å²) in [5.74, 6) is -0.331. The van der Waals surface area contributed by atoms with Gasteiger partial charge < -0.3 is 20.3 Å². The number of ether oxygens (including phenoxy) is 1. The smallest absolute Gasteiger partial charge is 0.251 e. The summed E-state index contributed by atoms with van der Waals surface area (Å²) in [6, 6.07) is 6.61. The first-order valence-corrected chi connectivity index (χ1v) is 7.72. The summed E-state index contributed by atoms with van der Waals surface area (Å²) < 4.78 is 5.40. The minimum atomic E-state index is -0.522. The summed E-state index contributed by atoms with van der Waals surface area (Å²) in [7, 11) is 0. The van der Waals surface area contributed by atoms with Crippen molar-refractivity contribution in [2.24, 2.45) is 0 Å². The molecule has 2 unspecified atom stereocenters. The van der Waals surface area contributed by atoms with Gasteiger partial charge in [-0.2, -0.15) is 0 Å². The normalized spacial score (nSPS) is 25.3. The summed E-state index contributed by atoms with van der Waals surface area (Å²) in [6.45, 7) is 2.31. The van der Waals surface area contributed by atoms with Crippen molar-refractivity contribution in [2.45, 2.75) is 18.6 Å². The monoisotopic (exact) mass is 323 g/mol. The Bertz CT molecular complexity index is 558. The van der Waals surface area contributed by atoms with E-state index in [-0.39, 0.29) is 11.8 Å². The van der Waals surface area contributed by atoms with E-state index in [4.69, 9.17) is 16.3 Å². The van der Waals surface area contributed by atoms with Crippen LogP contribution < -0.4 is 15.5 Å². The van der Waals surface area contributed by atoms with Crippen LogP contribution in [-0.4, -0.2) is 50.2 Å². The van der Waals surface area contributed by atoms with E-state index >= 15 is 0 Å². The van der Waals surface area contributed by atoms with Gasteiger partial charge in [0.15, 0.2) is 0 Å². The third kappa shape index (κ3) is 3.24. The molecule has 0 aliphatic carbocycles. The quantitative estimate of drug-likeness (QED) is 0.852. The molecule has 2 saturated heterocycles. The number of rotatable bonds is 3. The van der Waals surface area contributed by atoms with Gasteiger partial charge >= 0.3 is 0 Å². The molecule has 7 heteroatoms. The molecule has 3 rings (SSSR count). The second-order valence-corrected chi connectivity index (χ2v) is 5.82. The van der Waals surface area contributed by atoms with E-state index in [0.29, 0.717) is 31.1 Å². The molecule has 0 spiro atoms. The molecule has 2 aliphatic heterocycles. The zero-order chi connectivity index (χ0) is 15.5. The highest BCUT2D eigenvalue weighted by Gasteiger charge is 2.35. The number of hydrogen-bond donors (Lipinski definition) is 2. The van der Waals surface area contributed by atoms with Crippen molar-refractivity contribution >= 4 is 29.1 Å². The van der Waals surface area contributed by atoms with Gasteiger partial charge in [-0.15, -0.1) is 0 Å². The summed E-state index contributed by atoms with van der Waals surface area (Å²) in [5.41, 5.74) is 0.793. The van der Waals surface area contributed by atoms with Gasteiger partial charge in [0, 0.05) is 30.3 Å². The molecular weight excluding hydrogens is 306 g/mol. The van der Waals surface area contributed by atoms with Crippen LogP contribution in [0.2, 0.25) is 5.02 Å². The van der Waals surface area contributed by atoms with Crippen molar-refractivity contribution in [1.82, 2.24) is 10.6 Å². The fourth-order valence-corrected chi connectivity index (χ4v) is 2.82. The average molecular weight is 324 g/mol. The summed E-state index contributed by atoms with van der Waals surface area (Å²) in [6.07, 6.45) is 0.0685. The van der Waals surface area contributed by atoms with Crippen molar-refractivity contribution in [3.05, 3.63) is 29.3 Å². The molecule has 2 aliphatic rings. The fraction of sp³-hybridized carbons (Fsp3) is 0.467. The second kappa shape index (κ2) is 6.64. The lowest BCUT2D eigenvalue weighted by Crippen LogP contribution is -2.51. The predicted octanol–water partition coefficient (Wildman–Crippen LogP) is 0.550. The maximum absolute atomic E-state index is 12.4. The third-order valence-electron chi connectivity index (χ3n) is 3.88. The Morgan fingerprint density at radius 2 is 2.14 bits per heavy atom. The van der Waals surface area contributed by atoms with E-state index in [1.54, 1.807) is 29.2 Å². The number of nitrogens with zero attached hydrogens (tertiary/aromatic N) is 1. The number of morpholine rings is 1. The zero-order valence-corrected chi connectivity index (χ0v) is 12.8. The molecule has 2 heterocycles. The number of anilines is 1. The topological polar surface area (TPSA) is 70.7 Å². The standard InChI is InChI=1S/C15H18ClN3O3/c16-10-1-3-11(4-2-10)19-7-5-12(15(19)21)18-14(20)13-9-17-6-8-22-13/h1-4,12-13,17H,5-9H2,(H,18,20). The lowest BCUT2D eigenvalue weighted by atomic mass is 10.2. The highest BCUT2D eigenvalue weighted by Crippen LogP contribution is 2.23. The lowest BCUT2D eigenvalue weighted by Gasteiger charge is -2.24. The Labute approximate surface area is 133 Å². The van der Waals surface area contributed by atoms with Crippen LogP contribution in [0.25, 0.3) is 0 Å². The summed E-state index contributed by atoms with van der Waals surface area (Å²) >= 11 is 5.86. The van der Waals surface area contributed by atoms with Crippen LogP contribution in [0.15, 0.2) is 24.3 Å². The molecule has 0 radical (unpaired) electrons. The molecule has 2 N–H and O–H groups in total. The van der Waals surface area contributed by atoms with Gasteiger partial charge in [0.25, 0.3) is 5.91 Å². The predicted molar refractivity (Wildman–Crippen MR) is 83.0 cm³/mol. The lowest BCUT2D eigenvalue weighted by molar-refractivity contribution is -0.136. The SMILES string of the molecule is O=C(NC1CCN(c2ccc(Cl)cc2)C1=O)C1CNCCO1. The Hall–Kier alpha value is -1.63. The van der Waals surface area contributed by atoms with Crippen LogP contribution in [0.1, 0.15) is 6.42 Å². The zero-order valence-electron chi connectivity index (χ0n) is 12.0. The maximum atomic E-state index is 12.4. The van der Waals surface area contributed by atoms with Crippen molar-refractivity contribution in [3.63, 3.8) is 0 Å². The molecule has 2 amide bonds. The van der Waals surface area contributed by atoms with Crippen molar-refractivity contribution in [2.75, 3.05) is 31.1 Å². The molecule has 0 saturated carbocycles. The summed E-state index contributed by atoms with van der Waals surface area (Å²) in [4.78, 5) is 26.2. The fourth-order valence-electron chi connectivity index (χ4n) is 2.69. The highest BCUT2D eigenvalue weighted by atomic mass is 35.5. The minimum Gasteiger partial charge on any atom is -0.366 e. The average Bonchev–Trinajstić information content (AvgIpc) is 2.90. The van der Waals surface area contributed by atoms with Gasteiger partial charge in [-0.25, -0.2) is 0 Å². The Kier molecular flexibility index (Phi) is 4.61. The molecule has 2 fully saturated rings. The highest BCUT2D eigenvalue weighted by molar-refractivity contribution is 6.30. The first-order valence-electron chi connectivity index (χ1n) is 7.35. The Morgan fingerprint density at radius 3 is 2.82 bits per heavy atom. The number of carbonyl (C=O) groups is 2. The van der Waals surface area contributed by atoms with Crippen LogP contribution in [0.5, 0.6) is 0 Å². The number of benzene rings is 1. The van der Waals surface area contributed by atoms with Crippen molar-refractivity contribution in [3.8, 4) is 0 Å². The van der Waals surface area contributed by atoms with E-state index < -0.39 is 12.1 Å². The molecule has 2 atom stereocenters. The molecule has 1 aromatic rings. The number of nitrogens with one attached hydrogen (secondary N) is 2. The number of hydrogen-bond acceptors (Lipinski definition) is 4. The van der Waals surface area contributed by atoms with E-state index in [0.717, 1.165) is 12.2 Å². The van der Waals surface area contributed by atoms with Gasteiger partial charge in [-0.3, -0.25) is 9.59 Å². The third-order valence-corrected chi connectivity index (χ3v) is 4.13. The number of amides is 2. The largest absolute Gasteiger partial charge is 0.366 e. The molecular formula is C15H18ClN3O3. The molecule has 0 aromatic heterocycles. The first-order chi connectivity index (χ1) is 10.6. The van der Waals surface area contributed by atoms with E-state index in [1.165, 1.54) is 0 Å². The number of carbonyl (C=O) groups excluding carboxylic acids is 2. The minimum absolute atomic E-state index is 0.0977. The van der Waals surface area contributed by atoms with Gasteiger partial charge in [-0.1, -0.05) is 11.6 Å². The van der Waals surface area contributed by atoms with Gasteiger partial charge in [0.1, 0.15) is 12.1 Å². The van der Waals surface area contributed by atoms with Crippen molar-refractivity contribution in [1.29, 1.82) is 0 Å². The van der Waals surface area contributed by atoms with Crippen LogP contribution in [0.3, 0.4) is 0 Å². The van der Waals surface area contributed by atoms with E-state index in [1.807, 2.05) is 0 Å². The van der Waals surface area contributed by atoms with Gasteiger partial charge in [0.05, 0.1) is 6.61 Å². The van der Waals surface area contributed by atoms with E-state index in [9.17, 15) is 9.59 Å². The molecule has 118 valence electrons. The van der Waals surface area contributed by atoms with Gasteiger partial charge in [0.2, 0.25) is 5.91 Å². The molecule has 1 aromatic carbocycles.